The average Bonchev–Trinajstić information content (AvgIpc) is 2.83. The van der Waals surface area contributed by atoms with E-state index in [4.69, 9.17) is 40.4 Å². The molecule has 0 spiro atoms. The number of nitrogens with zero attached hydrogens (tertiary/aromatic N) is 2. The number of carbonyl (C=O) groups excluding carboxylic acids is 3. The highest BCUT2D eigenvalue weighted by Crippen LogP contribution is 2.17. The predicted octanol–water partition coefficient (Wildman–Crippen LogP) is 1.54. The van der Waals surface area contributed by atoms with E-state index in [-0.39, 0.29) is 34.6 Å². The number of anilines is 1. The van der Waals surface area contributed by atoms with Crippen molar-refractivity contribution in [2.24, 2.45) is 17.2 Å². The van der Waals surface area contributed by atoms with E-state index in [0.717, 1.165) is 12.8 Å². The number of nitrogens with one attached hydrogen (secondary N) is 2. The Morgan fingerprint density at radius 2 is 1.67 bits per heavy atom. The number of carbonyl (C=O) groups is 3. The third kappa shape index (κ3) is 12.8. The molecule has 1 aromatic carbocycles. The van der Waals surface area contributed by atoms with Crippen molar-refractivity contribution in [1.82, 2.24) is 15.2 Å². The minimum absolute atomic E-state index is 0.0157. The highest BCUT2D eigenvalue weighted by atomic mass is 35.5. The van der Waals surface area contributed by atoms with Crippen LogP contribution in [-0.4, -0.2) is 66.4 Å². The summed E-state index contributed by atoms with van der Waals surface area (Å²) >= 11 is 11.1. The van der Waals surface area contributed by atoms with Crippen molar-refractivity contribution in [2.45, 2.75) is 38.3 Å². The van der Waals surface area contributed by atoms with E-state index >= 15 is 0 Å². The number of hydrogen-bond donors (Lipinski definition) is 5. The number of hydrogen-bond acceptors (Lipinski definition) is 7. The molecule has 0 saturated heterocycles. The molecule has 1 aromatic heterocycles. The van der Waals surface area contributed by atoms with E-state index in [1.54, 1.807) is 4.90 Å². The van der Waals surface area contributed by atoms with Crippen molar-refractivity contribution in [3.05, 3.63) is 58.3 Å². The van der Waals surface area contributed by atoms with E-state index < -0.39 is 6.04 Å². The average molecular weight is 540 g/mol. The molecule has 2 unspecified atom stereocenters. The summed E-state index contributed by atoms with van der Waals surface area (Å²) in [5, 5.41) is 5.78. The van der Waals surface area contributed by atoms with Gasteiger partial charge in [-0.2, -0.15) is 0 Å². The van der Waals surface area contributed by atoms with Crippen molar-refractivity contribution >= 4 is 47.1 Å². The molecule has 2 atom stereocenters. The maximum atomic E-state index is 12.2. The molecule has 0 fully saturated rings. The molecule has 0 aliphatic rings. The van der Waals surface area contributed by atoms with Gasteiger partial charge in [0.25, 0.3) is 0 Å². The van der Waals surface area contributed by atoms with E-state index in [0.29, 0.717) is 38.3 Å². The molecule has 1 heterocycles. The fourth-order valence-electron chi connectivity index (χ4n) is 3.15. The summed E-state index contributed by atoms with van der Waals surface area (Å²) in [6, 6.07) is 12.2. The van der Waals surface area contributed by atoms with Crippen LogP contribution in [0.1, 0.15) is 25.3 Å². The Labute approximate surface area is 221 Å². The van der Waals surface area contributed by atoms with Crippen LogP contribution in [0, 0.1) is 0 Å². The van der Waals surface area contributed by atoms with Crippen LogP contribution in [0.3, 0.4) is 0 Å². The molecule has 0 radical (unpaired) electrons. The number of benzene rings is 1. The Morgan fingerprint density at radius 3 is 2.19 bits per heavy atom. The van der Waals surface area contributed by atoms with E-state index in [2.05, 4.69) is 27.8 Å². The molecule has 12 heteroatoms. The SMILES string of the molecule is CC(CCc1ccccc1)NC(=O)C(N)CC(=O)N(CCN)CCN.O=CNc1cc(Cl)nc(Cl)c1. The van der Waals surface area contributed by atoms with Crippen LogP contribution in [0.15, 0.2) is 42.5 Å². The van der Waals surface area contributed by atoms with E-state index in [9.17, 15) is 14.4 Å². The summed E-state index contributed by atoms with van der Waals surface area (Å²) in [7, 11) is 0. The summed E-state index contributed by atoms with van der Waals surface area (Å²) in [5.41, 5.74) is 18.6. The number of rotatable bonds is 13. The molecule has 10 nitrogen and oxygen atoms in total. The van der Waals surface area contributed by atoms with Crippen molar-refractivity contribution in [3.8, 4) is 0 Å². The van der Waals surface area contributed by atoms with Gasteiger partial charge in [0.1, 0.15) is 10.3 Å². The van der Waals surface area contributed by atoms with Crippen LogP contribution >= 0.6 is 23.2 Å². The third-order valence-corrected chi connectivity index (χ3v) is 5.36. The summed E-state index contributed by atoms with van der Waals surface area (Å²) in [6.45, 7) is 3.47. The Balaban J connectivity index is 0.000000488. The molecule has 36 heavy (non-hydrogen) atoms. The lowest BCUT2D eigenvalue weighted by atomic mass is 10.1. The van der Waals surface area contributed by atoms with Gasteiger partial charge in [0, 0.05) is 37.9 Å². The van der Waals surface area contributed by atoms with Crippen LogP contribution in [0.5, 0.6) is 0 Å². The van der Waals surface area contributed by atoms with Crippen LogP contribution in [0.4, 0.5) is 5.69 Å². The molecule has 2 aromatic rings. The number of aromatic nitrogens is 1. The Kier molecular flexibility index (Phi) is 15.3. The third-order valence-electron chi connectivity index (χ3n) is 4.97. The maximum absolute atomic E-state index is 12.2. The molecule has 0 aliphatic heterocycles. The van der Waals surface area contributed by atoms with Crippen molar-refractivity contribution < 1.29 is 14.4 Å². The predicted molar refractivity (Wildman–Crippen MR) is 144 cm³/mol. The molecule has 198 valence electrons. The second kappa shape index (κ2) is 17.6. The fourth-order valence-corrected chi connectivity index (χ4v) is 3.61. The Hall–Kier alpha value is -2.76. The lowest BCUT2D eigenvalue weighted by molar-refractivity contribution is -0.134. The van der Waals surface area contributed by atoms with Gasteiger partial charge < -0.3 is 32.7 Å². The first-order valence-electron chi connectivity index (χ1n) is 11.5. The van der Waals surface area contributed by atoms with Gasteiger partial charge >= 0.3 is 0 Å². The smallest absolute Gasteiger partial charge is 0.237 e. The number of aryl methyl sites for hydroxylation is 1. The molecule has 0 saturated carbocycles. The molecule has 2 rings (SSSR count). The molecule has 0 bridgehead atoms. The van der Waals surface area contributed by atoms with Gasteiger partial charge in [0.15, 0.2) is 0 Å². The molecule has 0 aliphatic carbocycles. The minimum Gasteiger partial charge on any atom is -0.352 e. The van der Waals surface area contributed by atoms with Gasteiger partial charge in [-0.25, -0.2) is 4.98 Å². The van der Waals surface area contributed by atoms with Crippen LogP contribution < -0.4 is 27.8 Å². The summed E-state index contributed by atoms with van der Waals surface area (Å²) in [5.74, 6) is -0.509. The van der Waals surface area contributed by atoms with Gasteiger partial charge in [-0.3, -0.25) is 14.4 Å². The Morgan fingerprint density at radius 1 is 1.08 bits per heavy atom. The zero-order valence-corrected chi connectivity index (χ0v) is 21.8. The minimum atomic E-state index is -0.871. The van der Waals surface area contributed by atoms with Crippen molar-refractivity contribution in [1.29, 1.82) is 0 Å². The number of nitrogens with two attached hydrogens (primary N) is 3. The van der Waals surface area contributed by atoms with Gasteiger partial charge in [-0.1, -0.05) is 53.5 Å². The van der Waals surface area contributed by atoms with Crippen molar-refractivity contribution in [2.75, 3.05) is 31.5 Å². The van der Waals surface area contributed by atoms with Crippen LogP contribution in [0.25, 0.3) is 0 Å². The molecular formula is C24H35Cl2N7O3. The highest BCUT2D eigenvalue weighted by molar-refractivity contribution is 6.32. The normalized spacial score (nSPS) is 11.9. The first-order valence-corrected chi connectivity index (χ1v) is 12.3. The van der Waals surface area contributed by atoms with E-state index in [1.807, 2.05) is 25.1 Å². The van der Waals surface area contributed by atoms with Crippen LogP contribution in [0.2, 0.25) is 10.3 Å². The summed E-state index contributed by atoms with van der Waals surface area (Å²) in [6.07, 6.45) is 2.18. The lowest BCUT2D eigenvalue weighted by Crippen LogP contribution is -2.48. The van der Waals surface area contributed by atoms with Gasteiger partial charge in [-0.15, -0.1) is 0 Å². The summed E-state index contributed by atoms with van der Waals surface area (Å²) in [4.78, 5) is 39.6. The topological polar surface area (TPSA) is 169 Å². The largest absolute Gasteiger partial charge is 0.352 e. The second-order valence-electron chi connectivity index (χ2n) is 7.97. The first-order chi connectivity index (χ1) is 17.2. The molecule has 8 N–H and O–H groups in total. The number of halogens is 2. The number of pyridine rings is 1. The first kappa shape index (κ1) is 31.3. The second-order valence-corrected chi connectivity index (χ2v) is 8.74. The highest BCUT2D eigenvalue weighted by Gasteiger charge is 2.22. The maximum Gasteiger partial charge on any atom is 0.237 e. The zero-order valence-electron chi connectivity index (χ0n) is 20.3. The van der Waals surface area contributed by atoms with E-state index in [1.165, 1.54) is 17.7 Å². The Bertz CT molecular complexity index is 924. The number of amides is 3. The lowest BCUT2D eigenvalue weighted by Gasteiger charge is -2.23. The molecule has 3 amide bonds. The monoisotopic (exact) mass is 539 g/mol. The quantitative estimate of drug-likeness (QED) is 0.190. The van der Waals surface area contributed by atoms with Gasteiger partial charge in [0.2, 0.25) is 18.2 Å². The van der Waals surface area contributed by atoms with Crippen molar-refractivity contribution in [3.63, 3.8) is 0 Å². The van der Waals surface area contributed by atoms with Gasteiger partial charge in [0.05, 0.1) is 12.5 Å². The zero-order chi connectivity index (χ0) is 26.9. The standard InChI is InChI=1S/C18H31N5O2.C6H4Cl2N2O/c1-14(7-8-15-5-3-2-4-6-15)22-18(25)16(21)13-17(24)23(11-9-19)12-10-20;7-5-1-4(9-3-11)2-6(8)10-5/h2-6,14,16H,7-13,19-21H2,1H3,(H,22,25);1-3H,(H,9,10,11). The van der Waals surface area contributed by atoms with Crippen LogP contribution in [-0.2, 0) is 20.8 Å². The summed E-state index contributed by atoms with van der Waals surface area (Å²) < 4.78 is 0. The fraction of sp³-hybridized carbons (Fsp3) is 0.417. The van der Waals surface area contributed by atoms with Gasteiger partial charge in [-0.05, 0) is 37.5 Å². The molecular weight excluding hydrogens is 505 g/mol.